The highest BCUT2D eigenvalue weighted by molar-refractivity contribution is 6.35. The summed E-state index contributed by atoms with van der Waals surface area (Å²) in [5.41, 5.74) is -0.557. The quantitative estimate of drug-likeness (QED) is 0.559. The number of imidazole rings is 1. The molecular weight excluding hydrogens is 457 g/mol. The summed E-state index contributed by atoms with van der Waals surface area (Å²) in [6, 6.07) is 4.84. The number of piperidine rings is 1. The smallest absolute Gasteiger partial charge is 0.329 e. The molecule has 1 aromatic carbocycles. The molecule has 0 saturated carbocycles. The van der Waals surface area contributed by atoms with E-state index in [0.717, 1.165) is 25.9 Å². The van der Waals surface area contributed by atoms with Gasteiger partial charge in [-0.15, -0.1) is 0 Å². The number of rotatable bonds is 6. The number of anilines is 1. The maximum absolute atomic E-state index is 12.7. The standard InChI is InChI=1S/C21H25Cl2N5O4/c1-12-5-7-27(8-6-12)20-24-18-17(19(30)25-21(31)26(18)2)28(20)10-14(29)11-32-16-4-3-13(22)9-15(16)23/h3-4,9,12,14,29H,5-8,10-11H2,1-2H3,(H,25,30,31)/t14-/m0/s1. The van der Waals surface area contributed by atoms with E-state index in [1.807, 2.05) is 0 Å². The summed E-state index contributed by atoms with van der Waals surface area (Å²) in [5.74, 6) is 1.57. The van der Waals surface area contributed by atoms with Gasteiger partial charge in [0.15, 0.2) is 11.2 Å². The molecule has 0 radical (unpaired) electrons. The summed E-state index contributed by atoms with van der Waals surface area (Å²) in [5, 5.41) is 11.5. The molecule has 2 N–H and O–H groups in total. The van der Waals surface area contributed by atoms with Gasteiger partial charge in [-0.1, -0.05) is 30.1 Å². The lowest BCUT2D eigenvalue weighted by Gasteiger charge is -2.31. The van der Waals surface area contributed by atoms with Crippen LogP contribution >= 0.6 is 23.2 Å². The summed E-state index contributed by atoms with van der Waals surface area (Å²) in [4.78, 5) is 33.8. The summed E-state index contributed by atoms with van der Waals surface area (Å²) >= 11 is 12.0. The lowest BCUT2D eigenvalue weighted by atomic mass is 10.00. The van der Waals surface area contributed by atoms with Gasteiger partial charge in [0, 0.05) is 25.2 Å². The molecule has 11 heteroatoms. The van der Waals surface area contributed by atoms with E-state index in [-0.39, 0.29) is 24.3 Å². The minimum atomic E-state index is -0.960. The fraction of sp³-hybridized carbons (Fsp3) is 0.476. The van der Waals surface area contributed by atoms with Crippen molar-refractivity contribution < 1.29 is 9.84 Å². The van der Waals surface area contributed by atoms with Crippen LogP contribution in [0, 0.1) is 5.92 Å². The molecule has 2 aromatic heterocycles. The number of nitrogens with one attached hydrogen (secondary N) is 1. The highest BCUT2D eigenvalue weighted by Crippen LogP contribution is 2.28. The molecule has 0 bridgehead atoms. The Morgan fingerprint density at radius 1 is 1.28 bits per heavy atom. The molecule has 32 heavy (non-hydrogen) atoms. The molecule has 1 fully saturated rings. The van der Waals surface area contributed by atoms with Crippen molar-refractivity contribution in [1.29, 1.82) is 0 Å². The Hall–Kier alpha value is -2.49. The van der Waals surface area contributed by atoms with Crippen LogP contribution in [0.4, 0.5) is 5.95 Å². The van der Waals surface area contributed by atoms with E-state index in [0.29, 0.717) is 27.7 Å². The van der Waals surface area contributed by atoms with E-state index in [1.54, 1.807) is 29.8 Å². The van der Waals surface area contributed by atoms with Crippen LogP contribution < -0.4 is 20.9 Å². The predicted octanol–water partition coefficient (Wildman–Crippen LogP) is 2.41. The van der Waals surface area contributed by atoms with Crippen LogP contribution in [0.25, 0.3) is 11.2 Å². The number of benzene rings is 1. The van der Waals surface area contributed by atoms with Crippen molar-refractivity contribution >= 4 is 40.3 Å². The first-order valence-electron chi connectivity index (χ1n) is 10.4. The van der Waals surface area contributed by atoms with Crippen molar-refractivity contribution in [3.63, 3.8) is 0 Å². The molecule has 3 heterocycles. The van der Waals surface area contributed by atoms with Gasteiger partial charge in [-0.2, -0.15) is 4.98 Å². The fourth-order valence-electron chi connectivity index (χ4n) is 3.89. The number of aryl methyl sites for hydroxylation is 1. The van der Waals surface area contributed by atoms with Gasteiger partial charge >= 0.3 is 5.69 Å². The Labute approximate surface area is 194 Å². The highest BCUT2D eigenvalue weighted by Gasteiger charge is 2.26. The number of fused-ring (bicyclic) bond motifs is 1. The largest absolute Gasteiger partial charge is 0.489 e. The van der Waals surface area contributed by atoms with Crippen LogP contribution in [0.3, 0.4) is 0 Å². The first kappa shape index (κ1) is 22.7. The zero-order valence-corrected chi connectivity index (χ0v) is 19.4. The number of hydrogen-bond acceptors (Lipinski definition) is 6. The monoisotopic (exact) mass is 481 g/mol. The second kappa shape index (κ2) is 9.17. The molecule has 1 atom stereocenters. The van der Waals surface area contributed by atoms with Gasteiger partial charge in [-0.05, 0) is 37.0 Å². The van der Waals surface area contributed by atoms with Gasteiger partial charge in [0.05, 0.1) is 11.6 Å². The molecule has 1 aliphatic rings. The number of halogens is 2. The number of ether oxygens (including phenoxy) is 1. The topological polar surface area (TPSA) is 105 Å². The number of aromatic nitrogens is 4. The third-order valence-corrected chi connectivity index (χ3v) is 6.30. The lowest BCUT2D eigenvalue weighted by Crippen LogP contribution is -2.36. The molecule has 4 rings (SSSR count). The van der Waals surface area contributed by atoms with Crippen molar-refractivity contribution in [1.82, 2.24) is 19.1 Å². The summed E-state index contributed by atoms with van der Waals surface area (Å²) in [6.45, 7) is 3.77. The lowest BCUT2D eigenvalue weighted by molar-refractivity contribution is 0.0936. The van der Waals surface area contributed by atoms with E-state index >= 15 is 0 Å². The third-order valence-electron chi connectivity index (χ3n) is 5.77. The second-order valence-electron chi connectivity index (χ2n) is 8.22. The van der Waals surface area contributed by atoms with Gasteiger partial charge < -0.3 is 19.3 Å². The van der Waals surface area contributed by atoms with Crippen LogP contribution in [0.2, 0.25) is 10.0 Å². The van der Waals surface area contributed by atoms with E-state index < -0.39 is 17.4 Å². The molecule has 0 amide bonds. The maximum atomic E-state index is 12.7. The molecule has 0 spiro atoms. The number of aliphatic hydroxyl groups excluding tert-OH is 1. The number of aliphatic hydroxyl groups is 1. The Bertz CT molecular complexity index is 1240. The Kier molecular flexibility index (Phi) is 6.50. The number of H-pyrrole nitrogens is 1. The van der Waals surface area contributed by atoms with Gasteiger partial charge in [0.2, 0.25) is 5.95 Å². The van der Waals surface area contributed by atoms with E-state index in [2.05, 4.69) is 21.8 Å². The minimum Gasteiger partial charge on any atom is -0.489 e. The normalized spacial score (nSPS) is 16.0. The Morgan fingerprint density at radius 3 is 2.69 bits per heavy atom. The third kappa shape index (κ3) is 4.51. The van der Waals surface area contributed by atoms with Crippen molar-refractivity contribution in [3.8, 4) is 5.75 Å². The van der Waals surface area contributed by atoms with Gasteiger partial charge in [0.1, 0.15) is 18.5 Å². The molecule has 172 valence electrons. The zero-order chi connectivity index (χ0) is 23.0. The second-order valence-corrected chi connectivity index (χ2v) is 9.07. The first-order valence-corrected chi connectivity index (χ1v) is 11.2. The van der Waals surface area contributed by atoms with Crippen LogP contribution in [0.1, 0.15) is 19.8 Å². The van der Waals surface area contributed by atoms with Crippen LogP contribution in [-0.4, -0.2) is 50.0 Å². The zero-order valence-electron chi connectivity index (χ0n) is 17.8. The van der Waals surface area contributed by atoms with E-state index in [9.17, 15) is 14.7 Å². The van der Waals surface area contributed by atoms with Crippen molar-refractivity contribution in [2.24, 2.45) is 13.0 Å². The summed E-state index contributed by atoms with van der Waals surface area (Å²) in [6.07, 6.45) is 1.04. The van der Waals surface area contributed by atoms with E-state index in [4.69, 9.17) is 27.9 Å². The van der Waals surface area contributed by atoms with Gasteiger partial charge in [0.25, 0.3) is 5.56 Å². The van der Waals surface area contributed by atoms with Crippen LogP contribution in [-0.2, 0) is 13.6 Å². The molecule has 3 aromatic rings. The van der Waals surface area contributed by atoms with Crippen molar-refractivity contribution in [2.45, 2.75) is 32.4 Å². The highest BCUT2D eigenvalue weighted by atomic mass is 35.5. The predicted molar refractivity (Wildman–Crippen MR) is 124 cm³/mol. The number of aromatic amines is 1. The van der Waals surface area contributed by atoms with Gasteiger partial charge in [-0.25, -0.2) is 4.79 Å². The van der Waals surface area contributed by atoms with E-state index in [1.165, 1.54) is 4.57 Å². The first-order chi connectivity index (χ1) is 15.2. The average Bonchev–Trinajstić information content (AvgIpc) is 3.12. The van der Waals surface area contributed by atoms with Crippen molar-refractivity contribution in [3.05, 3.63) is 49.1 Å². The van der Waals surface area contributed by atoms with Crippen LogP contribution in [0.15, 0.2) is 27.8 Å². The molecule has 0 aliphatic carbocycles. The summed E-state index contributed by atoms with van der Waals surface area (Å²) in [7, 11) is 1.56. The number of hydrogen-bond donors (Lipinski definition) is 2. The van der Waals surface area contributed by atoms with Crippen LogP contribution in [0.5, 0.6) is 5.75 Å². The molecule has 1 aliphatic heterocycles. The van der Waals surface area contributed by atoms with Gasteiger partial charge in [-0.3, -0.25) is 14.3 Å². The molecule has 1 saturated heterocycles. The Balaban J connectivity index is 1.65. The molecule has 9 nitrogen and oxygen atoms in total. The summed E-state index contributed by atoms with van der Waals surface area (Å²) < 4.78 is 8.63. The SMILES string of the molecule is CC1CCN(c2nc3c(c(=O)[nH]c(=O)n3C)n2C[C@H](O)COc2ccc(Cl)cc2Cl)CC1. The Morgan fingerprint density at radius 2 is 2.00 bits per heavy atom. The van der Waals surface area contributed by atoms with Crippen molar-refractivity contribution in [2.75, 3.05) is 24.6 Å². The number of nitrogens with zero attached hydrogens (tertiary/aromatic N) is 4. The maximum Gasteiger partial charge on any atom is 0.329 e. The molecular formula is C21H25Cl2N5O4. The fourth-order valence-corrected chi connectivity index (χ4v) is 4.35. The average molecular weight is 482 g/mol. The minimum absolute atomic E-state index is 0.0544. The molecule has 0 unspecified atom stereocenters.